The van der Waals surface area contributed by atoms with E-state index in [1.54, 1.807) is 0 Å². The zero-order valence-electron chi connectivity index (χ0n) is 7.81. The van der Waals surface area contributed by atoms with Crippen LogP contribution in [-0.4, -0.2) is 17.4 Å². The van der Waals surface area contributed by atoms with Crippen LogP contribution >= 0.6 is 28.3 Å². The van der Waals surface area contributed by atoms with Crippen molar-refractivity contribution in [2.24, 2.45) is 11.3 Å². The molecule has 1 N–H and O–H groups in total. The van der Waals surface area contributed by atoms with Gasteiger partial charge in [0, 0.05) is 4.32 Å². The van der Waals surface area contributed by atoms with E-state index < -0.39 is 0 Å². The summed E-state index contributed by atoms with van der Waals surface area (Å²) in [5.41, 5.74) is 0.811. The molecule has 0 radical (unpaired) electrons. The molecule has 3 aliphatic carbocycles. The molecule has 0 aromatic carbocycles. The number of hydrogen-bond acceptors (Lipinski definition) is 1. The summed E-state index contributed by atoms with van der Waals surface area (Å²) in [4.78, 5) is 0. The molecule has 0 amide bonds. The molecule has 1 nitrogen and oxygen atoms in total. The minimum absolute atomic E-state index is 0. The van der Waals surface area contributed by atoms with Crippen molar-refractivity contribution in [2.75, 3.05) is 13.1 Å². The third kappa shape index (κ3) is 1.37. The molecule has 4 fully saturated rings. The number of nitrogens with one attached hydrogen (secondary N) is 1. The molecule has 1 heterocycles. The van der Waals surface area contributed by atoms with E-state index in [0.717, 1.165) is 11.3 Å². The Morgan fingerprint density at radius 2 is 1.62 bits per heavy atom. The lowest BCUT2D eigenvalue weighted by Crippen LogP contribution is -2.67. The molecule has 1 saturated heterocycles. The zero-order chi connectivity index (χ0) is 8.23. The molecule has 4 rings (SSSR count). The van der Waals surface area contributed by atoms with Crippen LogP contribution in [-0.2, 0) is 0 Å². The summed E-state index contributed by atoms with van der Waals surface area (Å²) < 4.78 is 0.623. The average Bonchev–Trinajstić information content (AvgIpc) is 1.99. The van der Waals surface area contributed by atoms with Gasteiger partial charge in [0.1, 0.15) is 0 Å². The number of piperidine rings is 1. The monoisotopic (exact) mass is 265 g/mol. The van der Waals surface area contributed by atoms with Crippen LogP contribution in [0.3, 0.4) is 0 Å². The van der Waals surface area contributed by atoms with Gasteiger partial charge in [0.25, 0.3) is 0 Å². The lowest BCUT2D eigenvalue weighted by Gasteiger charge is -2.71. The summed E-state index contributed by atoms with van der Waals surface area (Å²) in [6.45, 7) is 2.53. The third-order valence-electron chi connectivity index (χ3n) is 4.21. The second kappa shape index (κ2) is 3.11. The molecule has 0 spiro atoms. The summed E-state index contributed by atoms with van der Waals surface area (Å²) >= 11 is 3.82. The van der Waals surface area contributed by atoms with Crippen LogP contribution in [0, 0.1) is 11.3 Å². The first kappa shape index (κ1) is 10.3. The Kier molecular flexibility index (Phi) is 2.45. The Labute approximate surface area is 94.6 Å². The second-order valence-corrected chi connectivity index (χ2v) is 6.75. The molecule has 3 heteroatoms. The Hall–Kier alpha value is 0.730. The summed E-state index contributed by atoms with van der Waals surface area (Å²) in [5.74, 6) is 1.05. The van der Waals surface area contributed by atoms with Crippen molar-refractivity contribution in [3.8, 4) is 0 Å². The van der Waals surface area contributed by atoms with Gasteiger partial charge in [0.05, 0.1) is 0 Å². The van der Waals surface area contributed by atoms with Crippen molar-refractivity contribution >= 4 is 28.3 Å². The quantitative estimate of drug-likeness (QED) is 0.720. The number of alkyl halides is 1. The van der Waals surface area contributed by atoms with Gasteiger partial charge in [-0.2, -0.15) is 0 Å². The first-order valence-electron chi connectivity index (χ1n) is 5.12. The minimum Gasteiger partial charge on any atom is -0.317 e. The Morgan fingerprint density at radius 3 is 2.08 bits per heavy atom. The van der Waals surface area contributed by atoms with E-state index >= 15 is 0 Å². The largest absolute Gasteiger partial charge is 0.317 e. The van der Waals surface area contributed by atoms with E-state index in [1.165, 1.54) is 45.2 Å². The van der Waals surface area contributed by atoms with E-state index in [4.69, 9.17) is 0 Å². The average molecular weight is 267 g/mol. The highest BCUT2D eigenvalue weighted by Gasteiger charge is 2.68. The van der Waals surface area contributed by atoms with Gasteiger partial charge < -0.3 is 5.32 Å². The number of halogens is 2. The van der Waals surface area contributed by atoms with Gasteiger partial charge >= 0.3 is 0 Å². The minimum atomic E-state index is 0. The molecule has 0 atom stereocenters. The van der Waals surface area contributed by atoms with Crippen molar-refractivity contribution in [1.82, 2.24) is 5.32 Å². The molecule has 0 aromatic rings. The molecule has 3 saturated carbocycles. The lowest BCUT2D eigenvalue weighted by molar-refractivity contribution is -0.127. The van der Waals surface area contributed by atoms with E-state index in [9.17, 15) is 0 Å². The third-order valence-corrected chi connectivity index (χ3v) is 5.05. The summed E-state index contributed by atoms with van der Waals surface area (Å²) in [6.07, 6.45) is 7.30. The Balaban J connectivity index is 0.000000653. The van der Waals surface area contributed by atoms with Gasteiger partial charge in [-0.1, -0.05) is 15.9 Å². The second-order valence-electron chi connectivity index (χ2n) is 5.07. The normalized spacial score (nSPS) is 48.7. The van der Waals surface area contributed by atoms with Gasteiger partial charge in [-0.25, -0.2) is 0 Å². The van der Waals surface area contributed by atoms with Crippen molar-refractivity contribution in [3.63, 3.8) is 0 Å². The highest BCUT2D eigenvalue weighted by Crippen LogP contribution is 2.75. The molecule has 76 valence electrons. The van der Waals surface area contributed by atoms with Crippen LogP contribution in [0.4, 0.5) is 0 Å². The number of hydrogen-bond donors (Lipinski definition) is 1. The fraction of sp³-hybridized carbons (Fsp3) is 1.00. The van der Waals surface area contributed by atoms with Crippen LogP contribution in [0.25, 0.3) is 0 Å². The zero-order valence-corrected chi connectivity index (χ0v) is 10.2. The van der Waals surface area contributed by atoms with Crippen molar-refractivity contribution in [3.05, 3.63) is 0 Å². The Morgan fingerprint density at radius 1 is 1.08 bits per heavy atom. The standard InChI is InChI=1S/C10H16BrN.ClH/c11-10-5-9(6-10,7-10)8-1-3-12-4-2-8;/h8,12H,1-7H2;1H. The molecule has 1 aliphatic heterocycles. The van der Waals surface area contributed by atoms with Crippen LogP contribution in [0.15, 0.2) is 0 Å². The maximum Gasteiger partial charge on any atom is 0.0274 e. The van der Waals surface area contributed by atoms with Crippen molar-refractivity contribution in [2.45, 2.75) is 36.4 Å². The van der Waals surface area contributed by atoms with Crippen LogP contribution < -0.4 is 5.32 Å². The molecule has 13 heavy (non-hydrogen) atoms. The van der Waals surface area contributed by atoms with E-state index in [2.05, 4.69) is 21.2 Å². The molecular weight excluding hydrogens is 249 g/mol. The maximum absolute atomic E-state index is 3.82. The highest BCUT2D eigenvalue weighted by atomic mass is 79.9. The predicted octanol–water partition coefficient (Wildman–Crippen LogP) is 2.73. The topological polar surface area (TPSA) is 12.0 Å². The van der Waals surface area contributed by atoms with Gasteiger partial charge in [-0.15, -0.1) is 12.4 Å². The molecular formula is C10H17BrClN. The summed E-state index contributed by atoms with van der Waals surface area (Å²) in [7, 11) is 0. The highest BCUT2D eigenvalue weighted by molar-refractivity contribution is 9.10. The van der Waals surface area contributed by atoms with Gasteiger partial charge in [0.2, 0.25) is 0 Å². The van der Waals surface area contributed by atoms with Gasteiger partial charge in [-0.3, -0.25) is 0 Å². The summed E-state index contributed by atoms with van der Waals surface area (Å²) in [6, 6.07) is 0. The van der Waals surface area contributed by atoms with Crippen LogP contribution in [0.2, 0.25) is 0 Å². The van der Waals surface area contributed by atoms with E-state index in [-0.39, 0.29) is 12.4 Å². The fourth-order valence-electron chi connectivity index (χ4n) is 3.60. The van der Waals surface area contributed by atoms with Crippen LogP contribution in [0.5, 0.6) is 0 Å². The van der Waals surface area contributed by atoms with Crippen LogP contribution in [0.1, 0.15) is 32.1 Å². The number of rotatable bonds is 1. The molecule has 0 aromatic heterocycles. The molecule has 2 bridgehead atoms. The maximum atomic E-state index is 3.82. The predicted molar refractivity (Wildman–Crippen MR) is 60.8 cm³/mol. The molecule has 4 aliphatic rings. The van der Waals surface area contributed by atoms with E-state index in [0.29, 0.717) is 4.32 Å². The SMILES string of the molecule is BrC12CC(C3CCNCC3)(C1)C2.Cl. The van der Waals surface area contributed by atoms with Gasteiger partial charge in [0.15, 0.2) is 0 Å². The van der Waals surface area contributed by atoms with Crippen molar-refractivity contribution in [1.29, 1.82) is 0 Å². The molecule has 0 unspecified atom stereocenters. The fourth-order valence-corrected chi connectivity index (χ4v) is 5.28. The lowest BCUT2D eigenvalue weighted by atomic mass is 9.39. The Bertz CT molecular complexity index is 193. The first-order valence-corrected chi connectivity index (χ1v) is 5.92. The first-order chi connectivity index (χ1) is 5.73. The van der Waals surface area contributed by atoms with E-state index in [1.807, 2.05) is 0 Å². The smallest absolute Gasteiger partial charge is 0.0274 e. The summed E-state index contributed by atoms with van der Waals surface area (Å²) in [5, 5.41) is 3.45. The van der Waals surface area contributed by atoms with Gasteiger partial charge in [-0.05, 0) is 56.5 Å². The van der Waals surface area contributed by atoms with Crippen molar-refractivity contribution < 1.29 is 0 Å².